The standard InChI is InChI=1S/C15H15F2N3O/c1-20(11-5-3-2-4-6-11)10-9-19-15(21)12-7-8-18-14(17)13(12)16/h2-8H,9-10H2,1H3,(H,19,21). The fourth-order valence-corrected chi connectivity index (χ4v) is 1.84. The normalized spacial score (nSPS) is 10.2. The van der Waals surface area contributed by atoms with E-state index in [-0.39, 0.29) is 5.56 Å². The molecule has 1 N–H and O–H groups in total. The summed E-state index contributed by atoms with van der Waals surface area (Å²) < 4.78 is 26.3. The highest BCUT2D eigenvalue weighted by Gasteiger charge is 2.15. The first-order valence-electron chi connectivity index (χ1n) is 6.44. The van der Waals surface area contributed by atoms with Crippen molar-refractivity contribution < 1.29 is 13.6 Å². The lowest BCUT2D eigenvalue weighted by Crippen LogP contribution is -2.33. The van der Waals surface area contributed by atoms with Crippen molar-refractivity contribution in [3.63, 3.8) is 0 Å². The Morgan fingerprint density at radius 1 is 1.24 bits per heavy atom. The Morgan fingerprint density at radius 3 is 2.67 bits per heavy atom. The number of pyridine rings is 1. The summed E-state index contributed by atoms with van der Waals surface area (Å²) in [6.45, 7) is 0.860. The molecule has 21 heavy (non-hydrogen) atoms. The molecule has 0 saturated carbocycles. The number of hydrogen-bond donors (Lipinski definition) is 1. The van der Waals surface area contributed by atoms with Crippen LogP contribution in [0.4, 0.5) is 14.5 Å². The van der Waals surface area contributed by atoms with Crippen LogP contribution in [0.5, 0.6) is 0 Å². The molecule has 6 heteroatoms. The van der Waals surface area contributed by atoms with Crippen molar-refractivity contribution in [3.05, 3.63) is 59.9 Å². The summed E-state index contributed by atoms with van der Waals surface area (Å²) in [5.74, 6) is -3.16. The van der Waals surface area contributed by atoms with Crippen LogP contribution in [0.2, 0.25) is 0 Å². The van der Waals surface area contributed by atoms with Crippen molar-refractivity contribution in [2.75, 3.05) is 25.0 Å². The van der Waals surface area contributed by atoms with Crippen LogP contribution in [0.15, 0.2) is 42.6 Å². The van der Waals surface area contributed by atoms with Gasteiger partial charge in [0.1, 0.15) is 0 Å². The fraction of sp³-hybridized carbons (Fsp3) is 0.200. The molecule has 0 bridgehead atoms. The molecule has 1 aromatic carbocycles. The second-order valence-corrected chi connectivity index (χ2v) is 4.48. The average molecular weight is 291 g/mol. The predicted octanol–water partition coefficient (Wildman–Crippen LogP) is 2.23. The lowest BCUT2D eigenvalue weighted by molar-refractivity contribution is 0.0949. The minimum absolute atomic E-state index is 0.313. The Hall–Kier alpha value is -2.50. The number of amides is 1. The molecule has 0 saturated heterocycles. The highest BCUT2D eigenvalue weighted by molar-refractivity contribution is 5.94. The quantitative estimate of drug-likeness (QED) is 0.859. The van der Waals surface area contributed by atoms with E-state index >= 15 is 0 Å². The number of aromatic nitrogens is 1. The summed E-state index contributed by atoms with van der Waals surface area (Å²) in [7, 11) is 1.88. The molecule has 110 valence electrons. The molecule has 1 amide bonds. The van der Waals surface area contributed by atoms with E-state index in [1.54, 1.807) is 0 Å². The lowest BCUT2D eigenvalue weighted by Gasteiger charge is -2.19. The molecule has 0 radical (unpaired) electrons. The van der Waals surface area contributed by atoms with Gasteiger partial charge in [-0.3, -0.25) is 4.79 Å². The Kier molecular flexibility index (Phi) is 4.81. The van der Waals surface area contributed by atoms with Crippen molar-refractivity contribution in [2.24, 2.45) is 0 Å². The van der Waals surface area contributed by atoms with Crippen LogP contribution in [0, 0.1) is 11.8 Å². The summed E-state index contributed by atoms with van der Waals surface area (Å²) >= 11 is 0. The van der Waals surface area contributed by atoms with Gasteiger partial charge in [0.2, 0.25) is 5.95 Å². The van der Waals surface area contributed by atoms with Gasteiger partial charge in [0.25, 0.3) is 5.91 Å². The fourth-order valence-electron chi connectivity index (χ4n) is 1.84. The largest absolute Gasteiger partial charge is 0.373 e. The predicted molar refractivity (Wildman–Crippen MR) is 76.2 cm³/mol. The molecule has 0 spiro atoms. The summed E-state index contributed by atoms with van der Waals surface area (Å²) in [5, 5.41) is 2.55. The third kappa shape index (κ3) is 3.75. The van der Waals surface area contributed by atoms with Crippen molar-refractivity contribution in [3.8, 4) is 0 Å². The van der Waals surface area contributed by atoms with Gasteiger partial charge in [-0.15, -0.1) is 0 Å². The Balaban J connectivity index is 1.89. The molecule has 0 aliphatic carbocycles. The SMILES string of the molecule is CN(CCNC(=O)c1ccnc(F)c1F)c1ccccc1. The van der Waals surface area contributed by atoms with Crippen molar-refractivity contribution >= 4 is 11.6 Å². The van der Waals surface area contributed by atoms with Gasteiger partial charge in [0, 0.05) is 32.0 Å². The van der Waals surface area contributed by atoms with E-state index in [1.165, 1.54) is 0 Å². The molecule has 2 aromatic rings. The van der Waals surface area contributed by atoms with Crippen molar-refractivity contribution in [1.29, 1.82) is 0 Å². The van der Waals surface area contributed by atoms with E-state index in [0.717, 1.165) is 18.0 Å². The van der Waals surface area contributed by atoms with Gasteiger partial charge in [0.05, 0.1) is 5.56 Å². The van der Waals surface area contributed by atoms with Gasteiger partial charge in [-0.2, -0.15) is 4.39 Å². The second-order valence-electron chi connectivity index (χ2n) is 4.48. The third-order valence-electron chi connectivity index (χ3n) is 3.02. The minimum Gasteiger partial charge on any atom is -0.373 e. The van der Waals surface area contributed by atoms with E-state index in [9.17, 15) is 13.6 Å². The van der Waals surface area contributed by atoms with Gasteiger partial charge in [-0.25, -0.2) is 9.37 Å². The van der Waals surface area contributed by atoms with Gasteiger partial charge in [0.15, 0.2) is 5.82 Å². The van der Waals surface area contributed by atoms with Gasteiger partial charge in [-0.05, 0) is 18.2 Å². The van der Waals surface area contributed by atoms with Gasteiger partial charge >= 0.3 is 0 Å². The van der Waals surface area contributed by atoms with Crippen LogP contribution >= 0.6 is 0 Å². The maximum atomic E-state index is 13.4. The van der Waals surface area contributed by atoms with E-state index in [1.807, 2.05) is 42.3 Å². The summed E-state index contributed by atoms with van der Waals surface area (Å²) in [6, 6.07) is 10.8. The molecule has 0 atom stereocenters. The van der Waals surface area contributed by atoms with E-state index in [4.69, 9.17) is 0 Å². The van der Waals surface area contributed by atoms with Crippen LogP contribution in [-0.4, -0.2) is 31.0 Å². The maximum Gasteiger partial charge on any atom is 0.254 e. The summed E-state index contributed by atoms with van der Waals surface area (Å²) in [4.78, 5) is 16.9. The molecule has 0 aliphatic rings. The number of likely N-dealkylation sites (N-methyl/N-ethyl adjacent to an activating group) is 1. The van der Waals surface area contributed by atoms with Crippen LogP contribution in [0.25, 0.3) is 0 Å². The molecular formula is C15H15F2N3O. The zero-order chi connectivity index (χ0) is 15.2. The van der Waals surface area contributed by atoms with Crippen molar-refractivity contribution in [1.82, 2.24) is 10.3 Å². The first-order chi connectivity index (χ1) is 10.1. The number of carbonyl (C=O) groups excluding carboxylic acids is 1. The van der Waals surface area contributed by atoms with Gasteiger partial charge < -0.3 is 10.2 Å². The summed E-state index contributed by atoms with van der Waals surface area (Å²) in [5.41, 5.74) is 0.665. The van der Waals surface area contributed by atoms with E-state index < -0.39 is 17.7 Å². The minimum atomic E-state index is -1.27. The van der Waals surface area contributed by atoms with Crippen LogP contribution in [0.1, 0.15) is 10.4 Å². The van der Waals surface area contributed by atoms with Crippen LogP contribution in [0.3, 0.4) is 0 Å². The number of carbonyl (C=O) groups is 1. The number of nitrogens with one attached hydrogen (secondary N) is 1. The van der Waals surface area contributed by atoms with Gasteiger partial charge in [-0.1, -0.05) is 18.2 Å². The number of rotatable bonds is 5. The lowest BCUT2D eigenvalue weighted by atomic mass is 10.2. The second kappa shape index (κ2) is 6.78. The topological polar surface area (TPSA) is 45.2 Å². The zero-order valence-electron chi connectivity index (χ0n) is 11.5. The molecule has 0 unspecified atom stereocenters. The average Bonchev–Trinajstić information content (AvgIpc) is 2.50. The van der Waals surface area contributed by atoms with Crippen LogP contribution < -0.4 is 10.2 Å². The molecule has 1 aromatic heterocycles. The Morgan fingerprint density at radius 2 is 1.95 bits per heavy atom. The zero-order valence-corrected chi connectivity index (χ0v) is 11.5. The number of benzene rings is 1. The molecule has 4 nitrogen and oxygen atoms in total. The van der Waals surface area contributed by atoms with Crippen LogP contribution in [-0.2, 0) is 0 Å². The highest BCUT2D eigenvalue weighted by Crippen LogP contribution is 2.10. The first kappa shape index (κ1) is 14.9. The molecule has 2 rings (SSSR count). The smallest absolute Gasteiger partial charge is 0.254 e. The molecular weight excluding hydrogens is 276 g/mol. The summed E-state index contributed by atoms with van der Waals surface area (Å²) in [6.07, 6.45) is 1.06. The third-order valence-corrected chi connectivity index (χ3v) is 3.02. The van der Waals surface area contributed by atoms with E-state index in [2.05, 4.69) is 10.3 Å². The number of nitrogens with zero attached hydrogens (tertiary/aromatic N) is 2. The number of anilines is 1. The van der Waals surface area contributed by atoms with E-state index in [0.29, 0.717) is 13.1 Å². The molecule has 0 aliphatic heterocycles. The number of halogens is 2. The monoisotopic (exact) mass is 291 g/mol. The van der Waals surface area contributed by atoms with Crippen molar-refractivity contribution in [2.45, 2.75) is 0 Å². The maximum absolute atomic E-state index is 13.4. The number of para-hydroxylation sites is 1. The molecule has 1 heterocycles. The highest BCUT2D eigenvalue weighted by atomic mass is 19.2. The molecule has 0 fully saturated rings. The Bertz CT molecular complexity index is 620. The Labute approximate surface area is 121 Å². The first-order valence-corrected chi connectivity index (χ1v) is 6.44. The number of hydrogen-bond acceptors (Lipinski definition) is 3.